The summed E-state index contributed by atoms with van der Waals surface area (Å²) >= 11 is 6.07. The molecule has 25 heavy (non-hydrogen) atoms. The molecule has 0 saturated carbocycles. The molecule has 2 amide bonds. The maximum absolute atomic E-state index is 12.4. The van der Waals surface area contributed by atoms with Crippen molar-refractivity contribution in [3.63, 3.8) is 0 Å². The summed E-state index contributed by atoms with van der Waals surface area (Å²) in [6.07, 6.45) is -0.673. The van der Waals surface area contributed by atoms with Crippen LogP contribution in [0.2, 0.25) is 5.02 Å². The molecule has 1 unspecified atom stereocenters. The zero-order valence-electron chi connectivity index (χ0n) is 13.7. The largest absolute Gasteiger partial charge is 0.477 e. The average Bonchev–Trinajstić information content (AvgIpc) is 2.62. The lowest BCUT2D eigenvalue weighted by Crippen LogP contribution is -2.50. The number of anilines is 2. The lowest BCUT2D eigenvalue weighted by Gasteiger charge is -2.35. The minimum absolute atomic E-state index is 0.0824. The van der Waals surface area contributed by atoms with Gasteiger partial charge in [0.2, 0.25) is 5.91 Å². The van der Waals surface area contributed by atoms with Gasteiger partial charge < -0.3 is 20.3 Å². The highest BCUT2D eigenvalue weighted by atomic mass is 35.5. The molecule has 7 heteroatoms. The minimum Gasteiger partial charge on any atom is -0.477 e. The number of hydrogen-bond acceptors (Lipinski definition) is 4. The number of likely N-dealkylation sites (N-methyl/N-ethyl adjacent to an activating group) is 1. The standard InChI is InChI=1S/C18H18ClN3O3/c1-20-18(24)16-10-22(14-8-4-5-9-15(14)25-16)11-17(23)21-13-7-3-2-6-12(13)19/h2-9,16H,10-11H2,1H3,(H,20,24)(H,21,23). The van der Waals surface area contributed by atoms with Gasteiger partial charge in [0.25, 0.3) is 5.91 Å². The predicted molar refractivity (Wildman–Crippen MR) is 97.2 cm³/mol. The zero-order chi connectivity index (χ0) is 17.8. The van der Waals surface area contributed by atoms with E-state index in [1.807, 2.05) is 23.1 Å². The lowest BCUT2D eigenvalue weighted by molar-refractivity contribution is -0.127. The number of halogens is 1. The van der Waals surface area contributed by atoms with E-state index in [9.17, 15) is 9.59 Å². The van der Waals surface area contributed by atoms with Crippen LogP contribution in [-0.2, 0) is 9.59 Å². The number of benzene rings is 2. The number of hydrogen-bond donors (Lipinski definition) is 2. The normalized spacial score (nSPS) is 15.8. The van der Waals surface area contributed by atoms with Crippen molar-refractivity contribution < 1.29 is 14.3 Å². The van der Waals surface area contributed by atoms with Crippen molar-refractivity contribution >= 4 is 34.8 Å². The second-order valence-electron chi connectivity index (χ2n) is 5.60. The van der Waals surface area contributed by atoms with Gasteiger partial charge in [-0.1, -0.05) is 35.9 Å². The summed E-state index contributed by atoms with van der Waals surface area (Å²) in [7, 11) is 1.56. The van der Waals surface area contributed by atoms with Crippen molar-refractivity contribution in [2.24, 2.45) is 0 Å². The topological polar surface area (TPSA) is 70.7 Å². The molecule has 0 aromatic heterocycles. The molecule has 6 nitrogen and oxygen atoms in total. The number of nitrogens with one attached hydrogen (secondary N) is 2. The molecular formula is C18H18ClN3O3. The summed E-state index contributed by atoms with van der Waals surface area (Å²) in [6.45, 7) is 0.367. The smallest absolute Gasteiger partial charge is 0.262 e. The average molecular weight is 360 g/mol. The van der Waals surface area contributed by atoms with E-state index >= 15 is 0 Å². The molecule has 0 saturated heterocycles. The van der Waals surface area contributed by atoms with Gasteiger partial charge in [0.1, 0.15) is 5.75 Å². The van der Waals surface area contributed by atoms with Crippen molar-refractivity contribution in [2.45, 2.75) is 6.10 Å². The summed E-state index contributed by atoms with van der Waals surface area (Å²) < 4.78 is 5.73. The molecule has 3 rings (SSSR count). The summed E-state index contributed by atoms with van der Waals surface area (Å²) in [5.74, 6) is 0.124. The molecule has 0 aliphatic carbocycles. The molecule has 2 N–H and O–H groups in total. The molecule has 2 aromatic carbocycles. The highest BCUT2D eigenvalue weighted by Crippen LogP contribution is 2.33. The van der Waals surface area contributed by atoms with E-state index in [2.05, 4.69) is 10.6 Å². The van der Waals surface area contributed by atoms with Crippen molar-refractivity contribution in [1.82, 2.24) is 5.32 Å². The predicted octanol–water partition coefficient (Wildman–Crippen LogP) is 2.29. The van der Waals surface area contributed by atoms with Gasteiger partial charge in [0.15, 0.2) is 6.10 Å². The fourth-order valence-corrected chi connectivity index (χ4v) is 2.86. The van der Waals surface area contributed by atoms with E-state index in [0.717, 1.165) is 5.69 Å². The molecule has 0 fully saturated rings. The summed E-state index contributed by atoms with van der Waals surface area (Å²) in [5, 5.41) is 5.84. The van der Waals surface area contributed by atoms with Crippen LogP contribution in [0.4, 0.5) is 11.4 Å². The third kappa shape index (κ3) is 3.85. The van der Waals surface area contributed by atoms with Crippen LogP contribution in [0.1, 0.15) is 0 Å². The van der Waals surface area contributed by atoms with E-state index in [1.54, 1.807) is 37.4 Å². The van der Waals surface area contributed by atoms with E-state index in [1.165, 1.54) is 0 Å². The Morgan fingerprint density at radius 2 is 1.92 bits per heavy atom. The first-order chi connectivity index (χ1) is 12.1. The first-order valence-electron chi connectivity index (χ1n) is 7.85. The number of nitrogens with zero attached hydrogens (tertiary/aromatic N) is 1. The Bertz CT molecular complexity index is 797. The van der Waals surface area contributed by atoms with E-state index in [4.69, 9.17) is 16.3 Å². The second-order valence-corrected chi connectivity index (χ2v) is 6.00. The van der Waals surface area contributed by atoms with Gasteiger partial charge in [0, 0.05) is 7.05 Å². The van der Waals surface area contributed by atoms with Crippen LogP contribution in [0, 0.1) is 0 Å². The Kier molecular flexibility index (Phi) is 5.09. The first-order valence-corrected chi connectivity index (χ1v) is 8.23. The number of carbonyl (C=O) groups is 2. The van der Waals surface area contributed by atoms with Crippen molar-refractivity contribution in [3.05, 3.63) is 53.6 Å². The molecule has 0 radical (unpaired) electrons. The quantitative estimate of drug-likeness (QED) is 0.878. The monoisotopic (exact) mass is 359 g/mol. The van der Waals surface area contributed by atoms with Crippen LogP contribution in [-0.4, -0.2) is 38.1 Å². The van der Waals surface area contributed by atoms with Gasteiger partial charge in [0.05, 0.1) is 29.5 Å². The Balaban J connectivity index is 1.77. The van der Waals surface area contributed by atoms with Gasteiger partial charge in [-0.3, -0.25) is 9.59 Å². The van der Waals surface area contributed by atoms with Gasteiger partial charge in [-0.25, -0.2) is 0 Å². The van der Waals surface area contributed by atoms with Gasteiger partial charge in [-0.2, -0.15) is 0 Å². The van der Waals surface area contributed by atoms with Crippen LogP contribution in [0.25, 0.3) is 0 Å². The van der Waals surface area contributed by atoms with Crippen LogP contribution >= 0.6 is 11.6 Å². The van der Waals surface area contributed by atoms with Gasteiger partial charge in [-0.05, 0) is 24.3 Å². The van der Waals surface area contributed by atoms with Crippen LogP contribution in [0.15, 0.2) is 48.5 Å². The summed E-state index contributed by atoms with van der Waals surface area (Å²) in [6, 6.07) is 14.4. The molecule has 1 atom stereocenters. The minimum atomic E-state index is -0.673. The highest BCUT2D eigenvalue weighted by Gasteiger charge is 2.31. The third-order valence-corrected chi connectivity index (χ3v) is 4.21. The second kappa shape index (κ2) is 7.44. The SMILES string of the molecule is CNC(=O)C1CN(CC(=O)Nc2ccccc2Cl)c2ccccc2O1. The van der Waals surface area contributed by atoms with Gasteiger partial charge in [-0.15, -0.1) is 0 Å². The highest BCUT2D eigenvalue weighted by molar-refractivity contribution is 6.33. The molecule has 130 valence electrons. The first kappa shape index (κ1) is 17.1. The zero-order valence-corrected chi connectivity index (χ0v) is 14.4. The van der Waals surface area contributed by atoms with Crippen molar-refractivity contribution in [1.29, 1.82) is 0 Å². The van der Waals surface area contributed by atoms with E-state index in [-0.39, 0.29) is 24.9 Å². The Labute approximate surface area is 150 Å². The maximum Gasteiger partial charge on any atom is 0.262 e. The van der Waals surface area contributed by atoms with Crippen molar-refractivity contribution in [3.8, 4) is 5.75 Å². The molecule has 0 bridgehead atoms. The van der Waals surface area contributed by atoms with Crippen LogP contribution < -0.4 is 20.3 Å². The van der Waals surface area contributed by atoms with Crippen molar-refractivity contribution in [2.75, 3.05) is 30.4 Å². The fourth-order valence-electron chi connectivity index (χ4n) is 2.68. The molecule has 1 aliphatic rings. The number of ether oxygens (including phenoxy) is 1. The molecule has 1 aliphatic heterocycles. The Morgan fingerprint density at radius 3 is 2.68 bits per heavy atom. The van der Waals surface area contributed by atoms with Crippen LogP contribution in [0.5, 0.6) is 5.75 Å². The summed E-state index contributed by atoms with van der Waals surface area (Å²) in [5.41, 5.74) is 1.33. The molecule has 2 aromatic rings. The number of fused-ring (bicyclic) bond motifs is 1. The number of carbonyl (C=O) groups excluding carboxylic acids is 2. The van der Waals surface area contributed by atoms with E-state index < -0.39 is 6.10 Å². The maximum atomic E-state index is 12.4. The number of rotatable bonds is 4. The lowest BCUT2D eigenvalue weighted by atomic mass is 10.1. The molecule has 0 spiro atoms. The third-order valence-electron chi connectivity index (χ3n) is 3.88. The molecular weight excluding hydrogens is 342 g/mol. The summed E-state index contributed by atoms with van der Waals surface area (Å²) in [4.78, 5) is 26.2. The van der Waals surface area contributed by atoms with Gasteiger partial charge >= 0.3 is 0 Å². The Hall–Kier alpha value is -2.73. The molecule has 1 heterocycles. The fraction of sp³-hybridized carbons (Fsp3) is 0.222. The number of amides is 2. The van der Waals surface area contributed by atoms with Crippen LogP contribution in [0.3, 0.4) is 0 Å². The Morgan fingerprint density at radius 1 is 1.20 bits per heavy atom. The number of para-hydroxylation sites is 3. The van der Waals surface area contributed by atoms with E-state index in [0.29, 0.717) is 16.5 Å².